The van der Waals surface area contributed by atoms with Gasteiger partial charge in [-0.05, 0) is 24.1 Å². The number of carboxylic acid groups (broad SMARTS) is 1. The smallest absolute Gasteiger partial charge is 0.328 e. The van der Waals surface area contributed by atoms with Crippen molar-refractivity contribution in [3.63, 3.8) is 0 Å². The summed E-state index contributed by atoms with van der Waals surface area (Å²) in [5.74, 6) is -0.503. The zero-order valence-electron chi connectivity index (χ0n) is 9.83. The fourth-order valence-corrected chi connectivity index (χ4v) is 1.44. The van der Waals surface area contributed by atoms with Crippen LogP contribution in [0.5, 0.6) is 0 Å². The number of nitrogens with zero attached hydrogens (tertiary/aromatic N) is 2. The highest BCUT2D eigenvalue weighted by Crippen LogP contribution is 2.18. The van der Waals surface area contributed by atoms with E-state index in [2.05, 4.69) is 17.1 Å². The van der Waals surface area contributed by atoms with Gasteiger partial charge in [0.15, 0.2) is 0 Å². The summed E-state index contributed by atoms with van der Waals surface area (Å²) >= 11 is 0. The summed E-state index contributed by atoms with van der Waals surface area (Å²) in [6.07, 6.45) is 3.19. The lowest BCUT2D eigenvalue weighted by atomic mass is 10.1. The van der Waals surface area contributed by atoms with E-state index in [4.69, 9.17) is 9.52 Å². The van der Waals surface area contributed by atoms with Crippen LogP contribution in [0.15, 0.2) is 34.8 Å². The first-order valence-electron chi connectivity index (χ1n) is 5.53. The van der Waals surface area contributed by atoms with Gasteiger partial charge in [-0.25, -0.2) is 4.79 Å². The summed E-state index contributed by atoms with van der Waals surface area (Å²) < 4.78 is 5.32. The monoisotopic (exact) mass is 244 g/mol. The van der Waals surface area contributed by atoms with Gasteiger partial charge in [0.1, 0.15) is 0 Å². The average molecular weight is 244 g/mol. The molecular formula is C13H12N2O3. The van der Waals surface area contributed by atoms with E-state index in [-0.39, 0.29) is 5.89 Å². The molecule has 2 aromatic rings. The van der Waals surface area contributed by atoms with Gasteiger partial charge in [-0.15, -0.1) is 10.2 Å². The van der Waals surface area contributed by atoms with Crippen molar-refractivity contribution in [1.82, 2.24) is 10.2 Å². The lowest BCUT2D eigenvalue weighted by Gasteiger charge is -1.97. The number of aryl methyl sites for hydroxylation is 1. The van der Waals surface area contributed by atoms with Crippen molar-refractivity contribution in [3.05, 3.63) is 41.8 Å². The highest BCUT2D eigenvalue weighted by molar-refractivity contribution is 5.84. The normalized spacial score (nSPS) is 10.9. The molecule has 5 nitrogen and oxygen atoms in total. The van der Waals surface area contributed by atoms with Crippen LogP contribution in [0.1, 0.15) is 18.4 Å². The van der Waals surface area contributed by atoms with Crippen molar-refractivity contribution >= 4 is 12.0 Å². The van der Waals surface area contributed by atoms with Crippen LogP contribution in [0, 0.1) is 0 Å². The second kappa shape index (κ2) is 5.27. The maximum absolute atomic E-state index is 10.3. The summed E-state index contributed by atoms with van der Waals surface area (Å²) in [4.78, 5) is 10.3. The predicted octanol–water partition coefficient (Wildman–Crippen LogP) is 2.40. The molecule has 0 saturated carbocycles. The van der Waals surface area contributed by atoms with Crippen LogP contribution in [0.2, 0.25) is 0 Å². The third kappa shape index (κ3) is 2.82. The molecule has 0 fully saturated rings. The van der Waals surface area contributed by atoms with E-state index in [1.807, 2.05) is 24.3 Å². The maximum Gasteiger partial charge on any atom is 0.328 e. The van der Waals surface area contributed by atoms with Gasteiger partial charge < -0.3 is 9.52 Å². The van der Waals surface area contributed by atoms with Gasteiger partial charge >= 0.3 is 5.97 Å². The van der Waals surface area contributed by atoms with Crippen LogP contribution in [-0.2, 0) is 11.2 Å². The Labute approximate surface area is 104 Å². The fraction of sp³-hybridized carbons (Fsp3) is 0.154. The van der Waals surface area contributed by atoms with Crippen LogP contribution in [0.3, 0.4) is 0 Å². The van der Waals surface area contributed by atoms with E-state index in [1.165, 1.54) is 11.6 Å². The number of carbonyl (C=O) groups is 1. The summed E-state index contributed by atoms with van der Waals surface area (Å²) in [6, 6.07) is 7.78. The zero-order valence-corrected chi connectivity index (χ0v) is 9.83. The molecule has 5 heteroatoms. The van der Waals surface area contributed by atoms with Crippen molar-refractivity contribution in [2.75, 3.05) is 0 Å². The molecule has 0 saturated heterocycles. The van der Waals surface area contributed by atoms with E-state index in [1.54, 1.807) is 0 Å². The maximum atomic E-state index is 10.3. The number of rotatable bonds is 4. The topological polar surface area (TPSA) is 76.2 Å². The molecule has 0 amide bonds. The second-order valence-electron chi connectivity index (χ2n) is 3.67. The Hall–Kier alpha value is -2.43. The van der Waals surface area contributed by atoms with E-state index >= 15 is 0 Å². The van der Waals surface area contributed by atoms with Gasteiger partial charge in [0.05, 0.1) is 0 Å². The molecule has 0 aliphatic rings. The Morgan fingerprint density at radius 2 is 2.06 bits per heavy atom. The number of benzene rings is 1. The summed E-state index contributed by atoms with van der Waals surface area (Å²) in [7, 11) is 0. The van der Waals surface area contributed by atoms with E-state index in [9.17, 15) is 4.79 Å². The minimum atomic E-state index is -1.05. The lowest BCUT2D eigenvalue weighted by Crippen LogP contribution is -1.85. The Balaban J connectivity index is 2.20. The van der Waals surface area contributed by atoms with E-state index in [0.717, 1.165) is 18.1 Å². The van der Waals surface area contributed by atoms with Crippen LogP contribution in [0.4, 0.5) is 0 Å². The van der Waals surface area contributed by atoms with Crippen molar-refractivity contribution in [2.24, 2.45) is 0 Å². The van der Waals surface area contributed by atoms with Crippen LogP contribution in [0.25, 0.3) is 17.5 Å². The minimum Gasteiger partial charge on any atom is -0.478 e. The fourth-order valence-electron chi connectivity index (χ4n) is 1.44. The molecule has 0 unspecified atom stereocenters. The Morgan fingerprint density at radius 3 is 2.67 bits per heavy atom. The van der Waals surface area contributed by atoms with Crippen molar-refractivity contribution in [3.8, 4) is 11.5 Å². The Morgan fingerprint density at radius 1 is 1.33 bits per heavy atom. The molecular weight excluding hydrogens is 232 g/mol. The second-order valence-corrected chi connectivity index (χ2v) is 3.67. The summed E-state index contributed by atoms with van der Waals surface area (Å²) in [6.45, 7) is 2.08. The molecule has 1 N–H and O–H groups in total. The lowest BCUT2D eigenvalue weighted by molar-refractivity contribution is -0.131. The van der Waals surface area contributed by atoms with Gasteiger partial charge in [0.2, 0.25) is 11.8 Å². The molecule has 0 bridgehead atoms. The van der Waals surface area contributed by atoms with Gasteiger partial charge in [0, 0.05) is 17.7 Å². The highest BCUT2D eigenvalue weighted by Gasteiger charge is 2.06. The number of aliphatic carboxylic acids is 1. The summed E-state index contributed by atoms with van der Waals surface area (Å²) in [5, 5.41) is 16.1. The standard InChI is InChI=1S/C13H12N2O3/c1-2-9-3-5-10(6-4-9)13-15-14-11(18-13)7-8-12(16)17/h3-8H,2H2,1H3,(H,16,17)/b8-7+. The van der Waals surface area contributed by atoms with Gasteiger partial charge in [0.25, 0.3) is 0 Å². The Bertz CT molecular complexity index is 570. The predicted molar refractivity (Wildman–Crippen MR) is 65.8 cm³/mol. The number of hydrogen-bond acceptors (Lipinski definition) is 4. The first-order valence-corrected chi connectivity index (χ1v) is 5.53. The molecule has 0 spiro atoms. The molecule has 0 aliphatic carbocycles. The number of aromatic nitrogens is 2. The van der Waals surface area contributed by atoms with Crippen molar-refractivity contribution < 1.29 is 14.3 Å². The number of carboxylic acids is 1. The van der Waals surface area contributed by atoms with Gasteiger partial charge in [-0.2, -0.15) is 0 Å². The Kier molecular flexibility index (Phi) is 3.52. The largest absolute Gasteiger partial charge is 0.478 e. The quantitative estimate of drug-likeness (QED) is 0.835. The third-order valence-corrected chi connectivity index (χ3v) is 2.42. The first kappa shape index (κ1) is 12.0. The SMILES string of the molecule is CCc1ccc(-c2nnc(/C=C/C(=O)O)o2)cc1. The average Bonchev–Trinajstić information content (AvgIpc) is 2.85. The molecule has 18 heavy (non-hydrogen) atoms. The van der Waals surface area contributed by atoms with Crippen molar-refractivity contribution in [1.29, 1.82) is 0 Å². The molecule has 0 radical (unpaired) electrons. The van der Waals surface area contributed by atoms with Crippen LogP contribution in [-0.4, -0.2) is 21.3 Å². The highest BCUT2D eigenvalue weighted by atomic mass is 16.4. The zero-order chi connectivity index (χ0) is 13.0. The van der Waals surface area contributed by atoms with E-state index in [0.29, 0.717) is 5.89 Å². The number of hydrogen-bond donors (Lipinski definition) is 1. The van der Waals surface area contributed by atoms with Crippen LogP contribution >= 0.6 is 0 Å². The minimum absolute atomic E-state index is 0.173. The van der Waals surface area contributed by atoms with Crippen molar-refractivity contribution in [2.45, 2.75) is 13.3 Å². The first-order chi connectivity index (χ1) is 8.69. The molecule has 2 rings (SSSR count). The molecule has 0 atom stereocenters. The third-order valence-electron chi connectivity index (χ3n) is 2.42. The molecule has 92 valence electrons. The molecule has 0 aliphatic heterocycles. The molecule has 1 heterocycles. The van der Waals surface area contributed by atoms with Crippen LogP contribution < -0.4 is 0 Å². The molecule has 1 aromatic carbocycles. The van der Waals surface area contributed by atoms with Gasteiger partial charge in [-0.1, -0.05) is 19.1 Å². The van der Waals surface area contributed by atoms with Gasteiger partial charge in [-0.3, -0.25) is 0 Å². The van der Waals surface area contributed by atoms with E-state index < -0.39 is 5.97 Å². The molecule has 1 aromatic heterocycles. The summed E-state index contributed by atoms with van der Waals surface area (Å²) in [5.41, 5.74) is 2.04.